The topological polar surface area (TPSA) is 37.3 Å². The van der Waals surface area contributed by atoms with Crippen molar-refractivity contribution in [2.75, 3.05) is 0 Å². The van der Waals surface area contributed by atoms with Crippen LogP contribution < -0.4 is 0 Å². The summed E-state index contributed by atoms with van der Waals surface area (Å²) < 4.78 is 1.29. The standard InChI is InChI=1S/C9H4BrClO2S/c10-5-2-1-4-6(11)3-14-8(4)7(5)9(12)13/h1-3H,(H,12,13). The average molecular weight is 292 g/mol. The lowest BCUT2D eigenvalue weighted by Gasteiger charge is -2.00. The molecule has 0 amide bonds. The van der Waals surface area contributed by atoms with Gasteiger partial charge in [-0.15, -0.1) is 11.3 Å². The van der Waals surface area contributed by atoms with Crippen molar-refractivity contribution in [3.05, 3.63) is 32.6 Å². The van der Waals surface area contributed by atoms with Gasteiger partial charge in [-0.25, -0.2) is 4.79 Å². The molecule has 72 valence electrons. The van der Waals surface area contributed by atoms with E-state index in [1.165, 1.54) is 11.3 Å². The molecule has 1 heterocycles. The van der Waals surface area contributed by atoms with Crippen molar-refractivity contribution in [1.29, 1.82) is 0 Å². The number of carboxylic acids is 1. The lowest BCUT2D eigenvalue weighted by molar-refractivity contribution is 0.0698. The van der Waals surface area contributed by atoms with Gasteiger partial charge in [0.2, 0.25) is 0 Å². The van der Waals surface area contributed by atoms with Crippen LogP contribution in [0.5, 0.6) is 0 Å². The summed E-state index contributed by atoms with van der Waals surface area (Å²) in [5.74, 6) is -0.944. The Labute approximate surface area is 97.2 Å². The van der Waals surface area contributed by atoms with Gasteiger partial charge in [-0.05, 0) is 22.0 Å². The Hall–Kier alpha value is -0.580. The highest BCUT2D eigenvalue weighted by Crippen LogP contribution is 2.35. The molecule has 0 unspecified atom stereocenters. The molecule has 5 heteroatoms. The van der Waals surface area contributed by atoms with Crippen molar-refractivity contribution in [1.82, 2.24) is 0 Å². The van der Waals surface area contributed by atoms with Gasteiger partial charge in [0.25, 0.3) is 0 Å². The molecule has 0 bridgehead atoms. The number of hydrogen-bond acceptors (Lipinski definition) is 2. The zero-order valence-electron chi connectivity index (χ0n) is 6.75. The van der Waals surface area contributed by atoms with Gasteiger partial charge in [-0.3, -0.25) is 0 Å². The molecular weight excluding hydrogens is 288 g/mol. The van der Waals surface area contributed by atoms with Crippen molar-refractivity contribution >= 4 is 54.9 Å². The second-order valence-corrected chi connectivity index (χ2v) is 4.83. The number of benzene rings is 1. The summed E-state index contributed by atoms with van der Waals surface area (Å²) in [6, 6.07) is 3.51. The fraction of sp³-hybridized carbons (Fsp3) is 0. The van der Waals surface area contributed by atoms with E-state index in [0.717, 1.165) is 5.39 Å². The number of thiophene rings is 1. The number of fused-ring (bicyclic) bond motifs is 1. The lowest BCUT2D eigenvalue weighted by atomic mass is 10.2. The van der Waals surface area contributed by atoms with Gasteiger partial charge in [-0.1, -0.05) is 17.7 Å². The third-order valence-electron chi connectivity index (χ3n) is 1.86. The Morgan fingerprint density at radius 1 is 1.50 bits per heavy atom. The second-order valence-electron chi connectivity index (χ2n) is 2.69. The van der Waals surface area contributed by atoms with Crippen LogP contribution in [0.4, 0.5) is 0 Å². The van der Waals surface area contributed by atoms with E-state index >= 15 is 0 Å². The molecule has 0 saturated carbocycles. The number of carboxylic acid groups (broad SMARTS) is 1. The largest absolute Gasteiger partial charge is 0.478 e. The lowest BCUT2D eigenvalue weighted by Crippen LogP contribution is -1.97. The van der Waals surface area contributed by atoms with Gasteiger partial charge in [0.15, 0.2) is 0 Å². The van der Waals surface area contributed by atoms with Gasteiger partial charge in [0.05, 0.1) is 15.3 Å². The fourth-order valence-electron chi connectivity index (χ4n) is 1.24. The van der Waals surface area contributed by atoms with E-state index in [9.17, 15) is 4.79 Å². The molecule has 1 aromatic heterocycles. The summed E-state index contributed by atoms with van der Waals surface area (Å²) in [6.07, 6.45) is 0. The quantitative estimate of drug-likeness (QED) is 0.862. The summed E-state index contributed by atoms with van der Waals surface area (Å²) in [5.41, 5.74) is 0.277. The number of hydrogen-bond donors (Lipinski definition) is 1. The van der Waals surface area contributed by atoms with Crippen LogP contribution in [0.3, 0.4) is 0 Å². The van der Waals surface area contributed by atoms with Crippen molar-refractivity contribution in [3.8, 4) is 0 Å². The Morgan fingerprint density at radius 2 is 2.21 bits per heavy atom. The molecule has 0 fully saturated rings. The van der Waals surface area contributed by atoms with Crippen molar-refractivity contribution in [2.24, 2.45) is 0 Å². The van der Waals surface area contributed by atoms with Crippen LogP contribution in [0, 0.1) is 0 Å². The molecule has 0 radical (unpaired) electrons. The molecule has 1 N–H and O–H groups in total. The normalized spacial score (nSPS) is 10.7. The zero-order chi connectivity index (χ0) is 10.3. The summed E-state index contributed by atoms with van der Waals surface area (Å²) in [6.45, 7) is 0. The molecule has 0 saturated heterocycles. The third kappa shape index (κ3) is 1.43. The number of aromatic carboxylic acids is 1. The number of halogens is 2. The predicted molar refractivity (Wildman–Crippen MR) is 61.5 cm³/mol. The maximum Gasteiger partial charge on any atom is 0.338 e. The molecular formula is C9H4BrClO2S. The van der Waals surface area contributed by atoms with E-state index in [-0.39, 0.29) is 5.56 Å². The van der Waals surface area contributed by atoms with Gasteiger partial charge >= 0.3 is 5.97 Å². The molecule has 0 spiro atoms. The summed E-state index contributed by atoms with van der Waals surface area (Å²) in [4.78, 5) is 11.0. The highest BCUT2D eigenvalue weighted by atomic mass is 79.9. The molecule has 2 nitrogen and oxygen atoms in total. The molecule has 0 aliphatic carbocycles. The molecule has 1 aromatic carbocycles. The Balaban J connectivity index is 2.90. The first-order valence-corrected chi connectivity index (χ1v) is 5.75. The Morgan fingerprint density at radius 3 is 2.86 bits per heavy atom. The van der Waals surface area contributed by atoms with Crippen LogP contribution in [0.15, 0.2) is 22.0 Å². The molecule has 0 aliphatic rings. The SMILES string of the molecule is O=C(O)c1c(Br)ccc2c(Cl)csc12. The Kier molecular flexibility index (Phi) is 2.51. The maximum absolute atomic E-state index is 11.0. The minimum absolute atomic E-state index is 0.277. The predicted octanol–water partition coefficient (Wildman–Crippen LogP) is 4.02. The highest BCUT2D eigenvalue weighted by molar-refractivity contribution is 9.10. The van der Waals surface area contributed by atoms with Gasteiger partial charge in [-0.2, -0.15) is 0 Å². The van der Waals surface area contributed by atoms with Crippen LogP contribution in [0.1, 0.15) is 10.4 Å². The van der Waals surface area contributed by atoms with E-state index in [1.54, 1.807) is 11.4 Å². The minimum Gasteiger partial charge on any atom is -0.478 e. The molecule has 14 heavy (non-hydrogen) atoms. The average Bonchev–Trinajstić information content (AvgIpc) is 2.47. The summed E-state index contributed by atoms with van der Waals surface area (Å²) >= 11 is 10.5. The molecule has 2 rings (SSSR count). The third-order valence-corrected chi connectivity index (χ3v) is 3.97. The van der Waals surface area contributed by atoms with Crippen molar-refractivity contribution < 1.29 is 9.90 Å². The van der Waals surface area contributed by atoms with Crippen LogP contribution >= 0.6 is 38.9 Å². The fourth-order valence-corrected chi connectivity index (χ4v) is 3.19. The molecule has 2 aromatic rings. The summed E-state index contributed by atoms with van der Waals surface area (Å²) in [5, 5.41) is 12.1. The number of carbonyl (C=O) groups is 1. The van der Waals surface area contributed by atoms with Crippen LogP contribution in [-0.2, 0) is 0 Å². The number of rotatable bonds is 1. The molecule has 0 aliphatic heterocycles. The van der Waals surface area contributed by atoms with Crippen LogP contribution in [0.2, 0.25) is 5.02 Å². The van der Waals surface area contributed by atoms with Crippen LogP contribution in [-0.4, -0.2) is 11.1 Å². The first-order valence-electron chi connectivity index (χ1n) is 3.69. The zero-order valence-corrected chi connectivity index (χ0v) is 9.91. The van der Waals surface area contributed by atoms with E-state index in [1.807, 2.05) is 6.07 Å². The van der Waals surface area contributed by atoms with Gasteiger partial charge in [0, 0.05) is 15.2 Å². The van der Waals surface area contributed by atoms with Gasteiger partial charge < -0.3 is 5.11 Å². The van der Waals surface area contributed by atoms with Gasteiger partial charge in [0.1, 0.15) is 0 Å². The van der Waals surface area contributed by atoms with E-state index in [4.69, 9.17) is 16.7 Å². The molecule has 0 atom stereocenters. The first kappa shape index (κ1) is 9.96. The van der Waals surface area contributed by atoms with Crippen LogP contribution in [0.25, 0.3) is 10.1 Å². The van der Waals surface area contributed by atoms with E-state index < -0.39 is 5.97 Å². The Bertz CT molecular complexity index is 521. The monoisotopic (exact) mass is 290 g/mol. The maximum atomic E-state index is 11.0. The summed E-state index contributed by atoms with van der Waals surface area (Å²) in [7, 11) is 0. The highest BCUT2D eigenvalue weighted by Gasteiger charge is 2.15. The smallest absolute Gasteiger partial charge is 0.338 e. The van der Waals surface area contributed by atoms with E-state index in [0.29, 0.717) is 14.2 Å². The minimum atomic E-state index is -0.944. The second kappa shape index (κ2) is 3.53. The van der Waals surface area contributed by atoms with E-state index in [2.05, 4.69) is 15.9 Å². The van der Waals surface area contributed by atoms with Crippen molar-refractivity contribution in [2.45, 2.75) is 0 Å². The van der Waals surface area contributed by atoms with Crippen molar-refractivity contribution in [3.63, 3.8) is 0 Å². The first-order chi connectivity index (χ1) is 6.61.